The Morgan fingerprint density at radius 1 is 0.522 bits per heavy atom. The number of phenols is 1. The molecule has 1 N–H and O–H groups in total. The molecule has 0 heterocycles. The quantitative estimate of drug-likeness (QED) is 0.174. The number of anilines is 2. The molecule has 0 aliphatic carbocycles. The van der Waals surface area contributed by atoms with Gasteiger partial charge in [-0.3, -0.25) is 9.59 Å². The maximum atomic E-state index is 13.4. The van der Waals surface area contributed by atoms with E-state index < -0.39 is 5.97 Å². The van der Waals surface area contributed by atoms with Crippen LogP contribution in [0.15, 0.2) is 72.8 Å². The van der Waals surface area contributed by atoms with E-state index >= 15 is 0 Å². The molecule has 4 aromatic carbocycles. The summed E-state index contributed by atoms with van der Waals surface area (Å²) in [6, 6.07) is 18.6. The van der Waals surface area contributed by atoms with Gasteiger partial charge in [-0.1, -0.05) is 0 Å². The zero-order valence-corrected chi connectivity index (χ0v) is 26.4. The lowest BCUT2D eigenvalue weighted by molar-refractivity contribution is 0.0725. The molecule has 0 radical (unpaired) electrons. The molecule has 0 aliphatic heterocycles. The van der Waals surface area contributed by atoms with E-state index in [-0.39, 0.29) is 51.7 Å². The molecule has 0 spiro atoms. The number of nitrogens with zero attached hydrogens (tertiary/aromatic N) is 2. The average molecular weight is 631 g/mol. The molecule has 12 nitrogen and oxygen atoms in total. The van der Waals surface area contributed by atoms with Gasteiger partial charge in [-0.05, 0) is 60.7 Å². The molecule has 46 heavy (non-hydrogen) atoms. The number of benzene rings is 4. The molecular weight excluding hydrogens is 596 g/mol. The van der Waals surface area contributed by atoms with Crippen LogP contribution >= 0.6 is 0 Å². The maximum Gasteiger partial charge on any atom is 0.347 e. The normalized spacial score (nSPS) is 10.4. The van der Waals surface area contributed by atoms with Crippen molar-refractivity contribution in [2.75, 3.05) is 59.4 Å². The van der Waals surface area contributed by atoms with Gasteiger partial charge in [0.2, 0.25) is 0 Å². The Balaban J connectivity index is 1.50. The summed E-state index contributed by atoms with van der Waals surface area (Å²) in [4.78, 5) is 42.4. The molecular formula is C34H34N2O10. The van der Waals surface area contributed by atoms with Gasteiger partial charge in [0, 0.05) is 48.7 Å². The van der Waals surface area contributed by atoms with Gasteiger partial charge in [-0.25, -0.2) is 4.79 Å². The first-order chi connectivity index (χ1) is 22.1. The first kappa shape index (κ1) is 33.0. The van der Waals surface area contributed by atoms with E-state index in [1.807, 2.05) is 0 Å². The highest BCUT2D eigenvalue weighted by atomic mass is 16.6. The largest absolute Gasteiger partial charge is 0.504 e. The molecule has 0 fully saturated rings. The van der Waals surface area contributed by atoms with E-state index in [4.69, 9.17) is 28.4 Å². The van der Waals surface area contributed by atoms with Crippen molar-refractivity contribution in [1.82, 2.24) is 0 Å². The van der Waals surface area contributed by atoms with Crippen LogP contribution in [0.4, 0.5) is 11.4 Å². The number of aromatic hydroxyl groups is 1. The van der Waals surface area contributed by atoms with Crippen molar-refractivity contribution in [3.8, 4) is 40.2 Å². The predicted molar refractivity (Wildman–Crippen MR) is 171 cm³/mol. The lowest BCUT2D eigenvalue weighted by Crippen LogP contribution is -2.27. The molecule has 0 aliphatic rings. The van der Waals surface area contributed by atoms with E-state index in [2.05, 4.69) is 0 Å². The molecule has 4 rings (SSSR count). The number of carbonyl (C=O) groups excluding carboxylic acids is 3. The molecule has 0 bridgehead atoms. The Kier molecular flexibility index (Phi) is 10.2. The minimum Gasteiger partial charge on any atom is -0.504 e. The summed E-state index contributed by atoms with van der Waals surface area (Å²) in [5.41, 5.74) is 1.86. The topological polar surface area (TPSA) is 133 Å². The number of hydrogen-bond donors (Lipinski definition) is 1. The number of hydrogen-bond acceptors (Lipinski definition) is 10. The van der Waals surface area contributed by atoms with Crippen LogP contribution in [0.3, 0.4) is 0 Å². The highest BCUT2D eigenvalue weighted by Crippen LogP contribution is 2.36. The van der Waals surface area contributed by atoms with Gasteiger partial charge in [0.15, 0.2) is 34.5 Å². The average Bonchev–Trinajstić information content (AvgIpc) is 3.09. The molecule has 2 amide bonds. The Labute approximate surface area is 266 Å². The number of amides is 2. The summed E-state index contributed by atoms with van der Waals surface area (Å²) in [5.74, 6) is -0.115. The molecule has 0 aromatic heterocycles. The van der Waals surface area contributed by atoms with E-state index in [0.717, 1.165) is 0 Å². The van der Waals surface area contributed by atoms with Gasteiger partial charge in [0.1, 0.15) is 11.3 Å². The zero-order chi connectivity index (χ0) is 33.5. The molecule has 4 aromatic rings. The van der Waals surface area contributed by atoms with Crippen molar-refractivity contribution < 1.29 is 47.9 Å². The Bertz CT molecular complexity index is 1750. The highest BCUT2D eigenvalue weighted by molar-refractivity contribution is 6.08. The van der Waals surface area contributed by atoms with Crippen LogP contribution in [0.25, 0.3) is 0 Å². The third-order valence-electron chi connectivity index (χ3n) is 7.20. The van der Waals surface area contributed by atoms with Crippen molar-refractivity contribution in [2.45, 2.75) is 0 Å². The Morgan fingerprint density at radius 3 is 1.46 bits per heavy atom. The fourth-order valence-electron chi connectivity index (χ4n) is 4.56. The second-order valence-corrected chi connectivity index (χ2v) is 9.79. The van der Waals surface area contributed by atoms with Gasteiger partial charge in [0.25, 0.3) is 11.8 Å². The molecule has 240 valence electrons. The van der Waals surface area contributed by atoms with Crippen molar-refractivity contribution in [3.63, 3.8) is 0 Å². The number of phenolic OH excluding ortho intramolecular Hbond substituents is 1. The second-order valence-electron chi connectivity index (χ2n) is 9.79. The van der Waals surface area contributed by atoms with Crippen molar-refractivity contribution in [2.24, 2.45) is 0 Å². The highest BCUT2D eigenvalue weighted by Gasteiger charge is 2.23. The number of methoxy groups -OCH3 is 5. The Hall–Kier alpha value is -5.91. The summed E-state index contributed by atoms with van der Waals surface area (Å²) in [6.07, 6.45) is 0. The van der Waals surface area contributed by atoms with E-state index in [9.17, 15) is 19.5 Å². The first-order valence-corrected chi connectivity index (χ1v) is 13.8. The van der Waals surface area contributed by atoms with Gasteiger partial charge < -0.3 is 43.3 Å². The van der Waals surface area contributed by atoms with E-state index in [0.29, 0.717) is 28.4 Å². The third-order valence-corrected chi connectivity index (χ3v) is 7.20. The van der Waals surface area contributed by atoms with Gasteiger partial charge >= 0.3 is 5.97 Å². The maximum absolute atomic E-state index is 13.4. The number of esters is 1. The van der Waals surface area contributed by atoms with Crippen LogP contribution in [0, 0.1) is 0 Å². The van der Waals surface area contributed by atoms with Gasteiger partial charge in [-0.15, -0.1) is 0 Å². The fourth-order valence-corrected chi connectivity index (χ4v) is 4.56. The van der Waals surface area contributed by atoms with Crippen LogP contribution < -0.4 is 38.2 Å². The standard InChI is InChI=1S/C34H34N2O10/c1-35(32(38)20-8-14-25(37)28(16-20)42-4)22-10-12-23(13-11-22)36(2)33(39)21-9-15-26(29(17-21)43-5)46-34(40)24-18-30(44-6)31(45-7)19-27(24)41-3/h8-19,37H,1-7H3. The lowest BCUT2D eigenvalue weighted by atomic mass is 10.1. The monoisotopic (exact) mass is 630 g/mol. The second kappa shape index (κ2) is 14.2. The van der Waals surface area contributed by atoms with E-state index in [1.54, 1.807) is 38.4 Å². The molecule has 0 unspecified atom stereocenters. The van der Waals surface area contributed by atoms with Crippen molar-refractivity contribution in [3.05, 3.63) is 89.5 Å². The summed E-state index contributed by atoms with van der Waals surface area (Å²) in [6.45, 7) is 0. The molecule has 0 saturated heterocycles. The molecule has 0 atom stereocenters. The molecule has 0 saturated carbocycles. The number of rotatable bonds is 11. The van der Waals surface area contributed by atoms with Crippen LogP contribution in [0.1, 0.15) is 31.1 Å². The number of ether oxygens (including phenoxy) is 6. The van der Waals surface area contributed by atoms with Crippen LogP contribution in [-0.4, -0.2) is 72.5 Å². The summed E-state index contributed by atoms with van der Waals surface area (Å²) in [5, 5.41) is 9.83. The fraction of sp³-hybridized carbons (Fsp3) is 0.206. The minimum absolute atomic E-state index is 0.0673. The van der Waals surface area contributed by atoms with Crippen LogP contribution in [0.5, 0.6) is 40.2 Å². The summed E-state index contributed by atoms with van der Waals surface area (Å²) >= 11 is 0. The molecule has 12 heteroatoms. The first-order valence-electron chi connectivity index (χ1n) is 13.8. The smallest absolute Gasteiger partial charge is 0.347 e. The van der Waals surface area contributed by atoms with Crippen LogP contribution in [-0.2, 0) is 0 Å². The van der Waals surface area contributed by atoms with Gasteiger partial charge in [-0.2, -0.15) is 0 Å². The third kappa shape index (κ3) is 6.75. The van der Waals surface area contributed by atoms with Crippen molar-refractivity contribution in [1.29, 1.82) is 0 Å². The zero-order valence-electron chi connectivity index (χ0n) is 26.4. The van der Waals surface area contributed by atoms with Gasteiger partial charge in [0.05, 0.1) is 35.5 Å². The van der Waals surface area contributed by atoms with Crippen molar-refractivity contribution >= 4 is 29.2 Å². The summed E-state index contributed by atoms with van der Waals surface area (Å²) in [7, 11) is 10.4. The lowest BCUT2D eigenvalue weighted by Gasteiger charge is -2.21. The SMILES string of the molecule is COc1cc(C(=O)N(C)c2ccc(N(C)C(=O)c3ccc(OC(=O)c4cc(OC)c(OC)cc4OC)c(OC)c3)cc2)ccc1O. The number of carbonyl (C=O) groups is 3. The Morgan fingerprint density at radius 2 is 0.957 bits per heavy atom. The predicted octanol–water partition coefficient (Wildman–Crippen LogP) is 5.21. The van der Waals surface area contributed by atoms with E-state index in [1.165, 1.54) is 93.9 Å². The van der Waals surface area contributed by atoms with Crippen LogP contribution in [0.2, 0.25) is 0 Å². The summed E-state index contributed by atoms with van der Waals surface area (Å²) < 4.78 is 32.0. The minimum atomic E-state index is -0.736.